The Labute approximate surface area is 142 Å². The molecule has 0 amide bonds. The lowest BCUT2D eigenvalue weighted by Crippen LogP contribution is -2.29. The van der Waals surface area contributed by atoms with E-state index in [2.05, 4.69) is 11.6 Å². The molecule has 0 aliphatic heterocycles. The van der Waals surface area contributed by atoms with Crippen LogP contribution in [0.15, 0.2) is 43.8 Å². The second-order valence-electron chi connectivity index (χ2n) is 4.74. The van der Waals surface area contributed by atoms with Crippen molar-refractivity contribution >= 4 is 11.9 Å². The summed E-state index contributed by atoms with van der Waals surface area (Å²) >= 11 is 0. The van der Waals surface area contributed by atoms with Crippen molar-refractivity contribution in [3.63, 3.8) is 0 Å². The van der Waals surface area contributed by atoms with Gasteiger partial charge < -0.3 is 19.8 Å². The molecule has 0 fully saturated rings. The van der Waals surface area contributed by atoms with Gasteiger partial charge in [0.2, 0.25) is 6.33 Å². The van der Waals surface area contributed by atoms with E-state index in [-0.39, 0.29) is 0 Å². The molecule has 0 saturated carbocycles. The Morgan fingerprint density at radius 1 is 1.25 bits per heavy atom. The molecule has 0 spiro atoms. The molecule has 8 heteroatoms. The van der Waals surface area contributed by atoms with E-state index in [9.17, 15) is 0 Å². The van der Waals surface area contributed by atoms with Crippen LogP contribution in [-0.2, 0) is 37.2 Å². The van der Waals surface area contributed by atoms with E-state index in [1.165, 1.54) is 5.82 Å². The van der Waals surface area contributed by atoms with Gasteiger partial charge in [-0.25, -0.2) is 18.7 Å². The number of hydrogen-bond acceptors (Lipinski definition) is 4. The number of hydrogen-bond donors (Lipinski definition) is 1. The van der Waals surface area contributed by atoms with Gasteiger partial charge in [-0.2, -0.15) is 0 Å². The standard InChI is InChI=1S/C7H10N2.C5H9N2.2C2H4O2/c1-3-4-7-8-5-6-9(7)2;1-6-3-4-7(2)5-6;2*1-2(3)4/h3,5-6H,1,4H2,2H3;3-5H,1-2H3;2*1H3,(H,3,4)/q;+1;;/p-1. The fraction of sp³-hybridized carbons (Fsp3) is 0.375. The molecule has 0 bridgehead atoms. The highest BCUT2D eigenvalue weighted by Gasteiger charge is 2.00. The number of H-pyrrole nitrogens is 1. The Morgan fingerprint density at radius 3 is 1.96 bits per heavy atom. The molecular formula is C16H26N4O4. The maximum absolute atomic E-state index is 8.89. The third-order valence-electron chi connectivity index (χ3n) is 2.21. The number of nitrogens with one attached hydrogen (secondary N) is 1. The monoisotopic (exact) mass is 338 g/mol. The minimum absolute atomic E-state index is 0.906. The number of nitrogens with zero attached hydrogens (tertiary/aromatic N) is 3. The number of carboxylic acid groups (broad SMARTS) is 2. The van der Waals surface area contributed by atoms with Crippen molar-refractivity contribution in [1.82, 2.24) is 9.55 Å². The number of allylic oxidation sites excluding steroid dienone is 1. The van der Waals surface area contributed by atoms with E-state index in [0.29, 0.717) is 0 Å². The molecule has 0 aromatic carbocycles. The van der Waals surface area contributed by atoms with Crippen molar-refractivity contribution in [1.29, 1.82) is 0 Å². The first-order valence-corrected chi connectivity index (χ1v) is 7.05. The van der Waals surface area contributed by atoms with Crippen LogP contribution in [0.25, 0.3) is 0 Å². The Kier molecular flexibility index (Phi) is 13.4. The Morgan fingerprint density at radius 2 is 1.75 bits per heavy atom. The quantitative estimate of drug-likeness (QED) is 0.501. The van der Waals surface area contributed by atoms with Crippen LogP contribution in [0.2, 0.25) is 0 Å². The summed E-state index contributed by atoms with van der Waals surface area (Å²) in [6, 6.07) is 0. The number of carbonyl (C=O) groups excluding carboxylic acids is 2. The van der Waals surface area contributed by atoms with E-state index < -0.39 is 11.9 Å². The highest BCUT2D eigenvalue weighted by Crippen LogP contribution is 1.85. The largest absolute Gasteiger partial charge is 0.550 e. The number of aromatic nitrogens is 4. The van der Waals surface area contributed by atoms with Crippen molar-refractivity contribution < 1.29 is 28.9 Å². The predicted octanol–water partition coefficient (Wildman–Crippen LogP) is -2.07. The summed E-state index contributed by atoms with van der Waals surface area (Å²) < 4.78 is 6.04. The van der Waals surface area contributed by atoms with E-state index in [4.69, 9.17) is 19.8 Å². The summed E-state index contributed by atoms with van der Waals surface area (Å²) in [4.78, 5) is 20.9. The minimum Gasteiger partial charge on any atom is -0.550 e. The van der Waals surface area contributed by atoms with Gasteiger partial charge in [-0.1, -0.05) is 6.08 Å². The zero-order valence-electron chi connectivity index (χ0n) is 14.9. The number of rotatable bonds is 2. The summed E-state index contributed by atoms with van der Waals surface area (Å²) in [6.45, 7) is 5.59. The number of imidazole rings is 2. The van der Waals surface area contributed by atoms with E-state index in [1.54, 1.807) is 0 Å². The maximum atomic E-state index is 8.89. The smallest absolute Gasteiger partial charge is 0.257 e. The Hall–Kier alpha value is -2.90. The minimum atomic E-state index is -1.08. The molecule has 2 aromatic heterocycles. The summed E-state index contributed by atoms with van der Waals surface area (Å²) in [7, 11) is 6.01. The van der Waals surface area contributed by atoms with Crippen LogP contribution < -0.4 is 19.3 Å². The molecule has 0 aliphatic rings. The average molecular weight is 338 g/mol. The molecular weight excluding hydrogens is 312 g/mol. The number of carbonyl (C=O) groups is 2. The van der Waals surface area contributed by atoms with Gasteiger partial charge in [0.15, 0.2) is 0 Å². The van der Waals surface area contributed by atoms with Crippen molar-refractivity contribution in [2.45, 2.75) is 20.3 Å². The third kappa shape index (κ3) is 17.2. The molecule has 2 heterocycles. The van der Waals surface area contributed by atoms with Crippen molar-refractivity contribution in [3.05, 3.63) is 49.6 Å². The summed E-state index contributed by atoms with van der Waals surface area (Å²) in [6.07, 6.45) is 12.7. The molecule has 0 atom stereocenters. The van der Waals surface area contributed by atoms with Gasteiger partial charge in [0, 0.05) is 11.9 Å². The fourth-order valence-corrected chi connectivity index (χ4v) is 1.35. The van der Waals surface area contributed by atoms with Gasteiger partial charge in [-0.3, -0.25) is 0 Å². The fourth-order valence-electron chi connectivity index (χ4n) is 1.35. The Balaban J connectivity index is 0. The van der Waals surface area contributed by atoms with Gasteiger partial charge in [-0.05, 0) is 13.8 Å². The molecule has 0 unspecified atom stereocenters. The number of aromatic amines is 1. The van der Waals surface area contributed by atoms with E-state index in [1.807, 2.05) is 72.0 Å². The maximum Gasteiger partial charge on any atom is 0.257 e. The number of aliphatic carboxylic acids is 2. The van der Waals surface area contributed by atoms with Crippen LogP contribution in [-0.4, -0.2) is 21.5 Å². The van der Waals surface area contributed by atoms with Crippen molar-refractivity contribution in [3.8, 4) is 0 Å². The molecule has 0 radical (unpaired) electrons. The highest BCUT2D eigenvalue weighted by molar-refractivity contribution is 5.60. The summed E-state index contributed by atoms with van der Waals surface area (Å²) in [5, 5.41) is 17.8. The second kappa shape index (κ2) is 13.7. The lowest BCUT2D eigenvalue weighted by atomic mass is 10.4. The normalized spacial score (nSPS) is 8.38. The van der Waals surface area contributed by atoms with Crippen LogP contribution in [0.5, 0.6) is 0 Å². The number of aryl methyl sites for hydroxylation is 3. The first kappa shape index (κ1) is 23.4. The van der Waals surface area contributed by atoms with Crippen LogP contribution in [0, 0.1) is 0 Å². The number of carboxylic acids is 2. The third-order valence-corrected chi connectivity index (χ3v) is 2.21. The van der Waals surface area contributed by atoms with Gasteiger partial charge in [-0.15, -0.1) is 6.58 Å². The zero-order chi connectivity index (χ0) is 19.1. The van der Waals surface area contributed by atoms with Crippen LogP contribution in [0.1, 0.15) is 19.7 Å². The van der Waals surface area contributed by atoms with Gasteiger partial charge in [0.05, 0.1) is 27.6 Å². The lowest BCUT2D eigenvalue weighted by Gasteiger charge is -1.85. The molecule has 8 nitrogen and oxygen atoms in total. The topological polar surface area (TPSA) is 109 Å². The zero-order valence-corrected chi connectivity index (χ0v) is 14.9. The van der Waals surface area contributed by atoms with Crippen LogP contribution in [0.3, 0.4) is 0 Å². The van der Waals surface area contributed by atoms with Gasteiger partial charge in [0.1, 0.15) is 24.8 Å². The first-order chi connectivity index (χ1) is 11.1. The molecule has 1 N–H and O–H groups in total. The SMILES string of the molecule is C=CCc1[nH]cc[n+]1C.CC(=O)[O-].CC(=O)[O-].Cn1cc[n+](C)c1. The molecule has 134 valence electrons. The second-order valence-corrected chi connectivity index (χ2v) is 4.74. The van der Waals surface area contributed by atoms with E-state index >= 15 is 0 Å². The van der Waals surface area contributed by atoms with E-state index in [0.717, 1.165) is 20.3 Å². The Bertz CT molecular complexity index is 581. The molecule has 0 saturated heterocycles. The molecule has 2 rings (SSSR count). The van der Waals surface area contributed by atoms with Crippen molar-refractivity contribution in [2.75, 3.05) is 0 Å². The van der Waals surface area contributed by atoms with Gasteiger partial charge >= 0.3 is 0 Å². The van der Waals surface area contributed by atoms with Crippen LogP contribution >= 0.6 is 0 Å². The molecule has 24 heavy (non-hydrogen) atoms. The lowest BCUT2D eigenvalue weighted by molar-refractivity contribution is -0.677. The first-order valence-electron chi connectivity index (χ1n) is 7.05. The van der Waals surface area contributed by atoms with Crippen molar-refractivity contribution in [2.24, 2.45) is 21.1 Å². The molecule has 2 aromatic rings. The van der Waals surface area contributed by atoms with Crippen LogP contribution in [0.4, 0.5) is 0 Å². The van der Waals surface area contributed by atoms with Gasteiger partial charge in [0.25, 0.3) is 5.82 Å². The summed E-state index contributed by atoms with van der Waals surface area (Å²) in [5.74, 6) is -0.981. The molecule has 0 aliphatic carbocycles. The summed E-state index contributed by atoms with van der Waals surface area (Å²) in [5.41, 5.74) is 0. The average Bonchev–Trinajstić information content (AvgIpc) is 2.99. The predicted molar refractivity (Wildman–Crippen MR) is 83.8 cm³/mol. The highest BCUT2D eigenvalue weighted by atomic mass is 16.4.